The second-order valence-corrected chi connectivity index (χ2v) is 6.47. The Morgan fingerprint density at radius 1 is 0.917 bits per heavy atom. The number of halogens is 2. The lowest BCUT2D eigenvalue weighted by atomic mass is 10.2. The molecule has 3 rings (SSSR count). The summed E-state index contributed by atoms with van der Waals surface area (Å²) >= 11 is 12.2. The van der Waals surface area contributed by atoms with Gasteiger partial charge in [0.25, 0.3) is 0 Å². The van der Waals surface area contributed by atoms with Crippen LogP contribution in [0.1, 0.15) is 5.56 Å². The van der Waals surface area contributed by atoms with E-state index in [2.05, 4.69) is 22.1 Å². The first-order chi connectivity index (χ1) is 11.7. The fourth-order valence-corrected chi connectivity index (χ4v) is 2.90. The molecular formula is C19H19Cl2N3. The van der Waals surface area contributed by atoms with Crippen LogP contribution >= 0.6 is 23.2 Å². The average molecular weight is 360 g/mol. The zero-order valence-corrected chi connectivity index (χ0v) is 14.8. The van der Waals surface area contributed by atoms with Crippen LogP contribution in [-0.2, 0) is 0 Å². The molecule has 3 nitrogen and oxygen atoms in total. The van der Waals surface area contributed by atoms with E-state index < -0.39 is 0 Å². The Bertz CT molecular complexity index is 703. The quantitative estimate of drug-likeness (QED) is 0.735. The van der Waals surface area contributed by atoms with Crippen LogP contribution in [0.25, 0.3) is 6.08 Å². The summed E-state index contributed by atoms with van der Waals surface area (Å²) in [5.41, 5.74) is 2.27. The standard InChI is InChI=1S/C19H19Cl2N3/c20-17-6-8-19(9-7-17)23-10-12-24(13-11-23)22-15-18(21)14-16-4-2-1-3-5-16/h1-9,14-15H,10-13H2/b18-14-,22-15-. The maximum atomic E-state index is 6.24. The maximum absolute atomic E-state index is 6.24. The number of rotatable bonds is 4. The molecule has 1 aliphatic rings. The largest absolute Gasteiger partial charge is 0.368 e. The molecule has 0 radical (unpaired) electrons. The van der Waals surface area contributed by atoms with Gasteiger partial charge in [0.2, 0.25) is 0 Å². The molecule has 2 aromatic rings. The highest BCUT2D eigenvalue weighted by Crippen LogP contribution is 2.19. The highest BCUT2D eigenvalue weighted by Gasteiger charge is 2.15. The zero-order chi connectivity index (χ0) is 16.8. The molecule has 2 aromatic carbocycles. The van der Waals surface area contributed by atoms with Gasteiger partial charge in [-0.1, -0.05) is 53.5 Å². The average Bonchev–Trinajstić information content (AvgIpc) is 2.62. The molecule has 0 aliphatic carbocycles. The van der Waals surface area contributed by atoms with E-state index in [4.69, 9.17) is 23.2 Å². The van der Waals surface area contributed by atoms with Gasteiger partial charge in [-0.2, -0.15) is 5.10 Å². The van der Waals surface area contributed by atoms with Crippen LogP contribution in [0.5, 0.6) is 0 Å². The van der Waals surface area contributed by atoms with Gasteiger partial charge in [0.1, 0.15) is 0 Å². The molecule has 1 saturated heterocycles. The highest BCUT2D eigenvalue weighted by atomic mass is 35.5. The lowest BCUT2D eigenvalue weighted by molar-refractivity contribution is 0.272. The minimum atomic E-state index is 0.626. The topological polar surface area (TPSA) is 18.8 Å². The number of piperazine rings is 1. The first-order valence-electron chi connectivity index (χ1n) is 7.92. The molecule has 0 bridgehead atoms. The van der Waals surface area contributed by atoms with Crippen molar-refractivity contribution in [1.82, 2.24) is 5.01 Å². The van der Waals surface area contributed by atoms with Crippen LogP contribution in [0.2, 0.25) is 5.02 Å². The van der Waals surface area contributed by atoms with Gasteiger partial charge in [-0.3, -0.25) is 5.01 Å². The summed E-state index contributed by atoms with van der Waals surface area (Å²) in [5, 5.41) is 7.92. The van der Waals surface area contributed by atoms with E-state index in [0.29, 0.717) is 5.03 Å². The number of hydrazone groups is 1. The van der Waals surface area contributed by atoms with Crippen LogP contribution in [0.3, 0.4) is 0 Å². The van der Waals surface area contributed by atoms with Crippen molar-refractivity contribution in [2.75, 3.05) is 31.1 Å². The number of anilines is 1. The summed E-state index contributed by atoms with van der Waals surface area (Å²) in [6, 6.07) is 18.0. The van der Waals surface area contributed by atoms with Gasteiger partial charge in [-0.15, -0.1) is 0 Å². The number of allylic oxidation sites excluding steroid dienone is 1. The first-order valence-corrected chi connectivity index (χ1v) is 8.68. The molecule has 1 aliphatic heterocycles. The lowest BCUT2D eigenvalue weighted by Gasteiger charge is -2.34. The third-order valence-electron chi connectivity index (χ3n) is 3.90. The molecule has 124 valence electrons. The van der Waals surface area contributed by atoms with Gasteiger partial charge in [0.05, 0.1) is 24.3 Å². The van der Waals surface area contributed by atoms with Crippen LogP contribution < -0.4 is 4.90 Å². The van der Waals surface area contributed by atoms with Gasteiger partial charge >= 0.3 is 0 Å². The Morgan fingerprint density at radius 2 is 1.58 bits per heavy atom. The van der Waals surface area contributed by atoms with Gasteiger partial charge in [-0.05, 0) is 35.9 Å². The zero-order valence-electron chi connectivity index (χ0n) is 13.3. The summed E-state index contributed by atoms with van der Waals surface area (Å²) in [5.74, 6) is 0. The Kier molecular flexibility index (Phi) is 5.78. The minimum Gasteiger partial charge on any atom is -0.368 e. The predicted octanol–water partition coefficient (Wildman–Crippen LogP) is 4.73. The molecule has 0 N–H and O–H groups in total. The highest BCUT2D eigenvalue weighted by molar-refractivity contribution is 6.41. The molecule has 0 unspecified atom stereocenters. The van der Waals surface area contributed by atoms with E-state index in [9.17, 15) is 0 Å². The summed E-state index contributed by atoms with van der Waals surface area (Å²) in [7, 11) is 0. The fourth-order valence-electron chi connectivity index (χ4n) is 2.60. The third kappa shape index (κ3) is 4.76. The smallest absolute Gasteiger partial charge is 0.0657 e. The fraction of sp³-hybridized carbons (Fsp3) is 0.211. The van der Waals surface area contributed by atoms with Gasteiger partial charge in [-0.25, -0.2) is 0 Å². The lowest BCUT2D eigenvalue weighted by Crippen LogP contribution is -2.44. The van der Waals surface area contributed by atoms with Crippen molar-refractivity contribution in [3.8, 4) is 0 Å². The van der Waals surface area contributed by atoms with E-state index in [1.54, 1.807) is 6.21 Å². The van der Waals surface area contributed by atoms with E-state index in [0.717, 1.165) is 36.8 Å². The maximum Gasteiger partial charge on any atom is 0.0657 e. The van der Waals surface area contributed by atoms with Gasteiger partial charge in [0.15, 0.2) is 0 Å². The molecule has 1 fully saturated rings. The van der Waals surface area contributed by atoms with Crippen LogP contribution in [0, 0.1) is 0 Å². The van der Waals surface area contributed by atoms with Crippen molar-refractivity contribution in [1.29, 1.82) is 0 Å². The SMILES string of the molecule is ClC(/C=N\N1CCN(c2ccc(Cl)cc2)CC1)=C\c1ccccc1. The number of hydrogen-bond donors (Lipinski definition) is 0. The second-order valence-electron chi connectivity index (χ2n) is 5.60. The summed E-state index contributed by atoms with van der Waals surface area (Å²) in [4.78, 5) is 2.34. The molecule has 0 spiro atoms. The van der Waals surface area contributed by atoms with Crippen LogP contribution in [0.15, 0.2) is 64.7 Å². The Hall–Kier alpha value is -1.97. The summed E-state index contributed by atoms with van der Waals surface area (Å²) in [6.07, 6.45) is 3.63. The molecule has 0 aromatic heterocycles. The number of hydrogen-bond acceptors (Lipinski definition) is 3. The normalized spacial score (nSPS) is 16.0. The molecule has 0 atom stereocenters. The second kappa shape index (κ2) is 8.22. The Labute approximate surface area is 152 Å². The molecule has 24 heavy (non-hydrogen) atoms. The molecule has 0 saturated carbocycles. The summed E-state index contributed by atoms with van der Waals surface area (Å²) in [6.45, 7) is 3.60. The van der Waals surface area contributed by atoms with Crippen molar-refractivity contribution in [3.63, 3.8) is 0 Å². The van der Waals surface area contributed by atoms with E-state index in [-0.39, 0.29) is 0 Å². The molecule has 0 amide bonds. The first kappa shape index (κ1) is 16.9. The summed E-state index contributed by atoms with van der Waals surface area (Å²) < 4.78 is 0. The Morgan fingerprint density at radius 3 is 2.25 bits per heavy atom. The van der Waals surface area contributed by atoms with Crippen molar-refractivity contribution in [2.45, 2.75) is 0 Å². The van der Waals surface area contributed by atoms with E-state index in [1.165, 1.54) is 5.69 Å². The Balaban J connectivity index is 1.53. The van der Waals surface area contributed by atoms with Crippen LogP contribution in [-0.4, -0.2) is 37.4 Å². The van der Waals surface area contributed by atoms with Crippen LogP contribution in [0.4, 0.5) is 5.69 Å². The minimum absolute atomic E-state index is 0.626. The number of benzene rings is 2. The van der Waals surface area contributed by atoms with E-state index in [1.807, 2.05) is 53.5 Å². The third-order valence-corrected chi connectivity index (χ3v) is 4.36. The van der Waals surface area contributed by atoms with Crippen molar-refractivity contribution < 1.29 is 0 Å². The molecule has 5 heteroatoms. The van der Waals surface area contributed by atoms with Crippen molar-refractivity contribution >= 4 is 41.2 Å². The van der Waals surface area contributed by atoms with Gasteiger partial charge < -0.3 is 4.90 Å². The number of nitrogens with zero attached hydrogens (tertiary/aromatic N) is 3. The predicted molar refractivity (Wildman–Crippen MR) is 104 cm³/mol. The van der Waals surface area contributed by atoms with E-state index >= 15 is 0 Å². The van der Waals surface area contributed by atoms with Gasteiger partial charge in [0, 0.05) is 23.8 Å². The molecular weight excluding hydrogens is 341 g/mol. The molecule has 1 heterocycles. The van der Waals surface area contributed by atoms with Crippen molar-refractivity contribution in [3.05, 3.63) is 70.2 Å². The van der Waals surface area contributed by atoms with Crippen molar-refractivity contribution in [2.24, 2.45) is 5.10 Å². The monoisotopic (exact) mass is 359 g/mol.